The number of nitriles is 1. The fourth-order valence-electron chi connectivity index (χ4n) is 1.77. The summed E-state index contributed by atoms with van der Waals surface area (Å²) >= 11 is 0. The second-order valence-electron chi connectivity index (χ2n) is 3.72. The van der Waals surface area contributed by atoms with Gasteiger partial charge < -0.3 is 10.3 Å². The third kappa shape index (κ3) is 1.33. The van der Waals surface area contributed by atoms with Crippen LogP contribution in [0.15, 0.2) is 18.2 Å². The van der Waals surface area contributed by atoms with Crippen molar-refractivity contribution in [3.05, 3.63) is 23.8 Å². The molecule has 0 unspecified atom stereocenters. The summed E-state index contributed by atoms with van der Waals surface area (Å²) in [6.45, 7) is 4.08. The zero-order valence-electron chi connectivity index (χ0n) is 8.73. The number of nitrogens with two attached hydrogens (primary N) is 1. The van der Waals surface area contributed by atoms with E-state index in [1.807, 2.05) is 30.5 Å². The van der Waals surface area contributed by atoms with E-state index in [0.717, 1.165) is 5.52 Å². The number of fused-ring (bicyclic) bond motifs is 1. The van der Waals surface area contributed by atoms with Gasteiger partial charge in [0, 0.05) is 6.04 Å². The second-order valence-corrected chi connectivity index (χ2v) is 3.72. The van der Waals surface area contributed by atoms with Crippen molar-refractivity contribution >= 4 is 17.0 Å². The van der Waals surface area contributed by atoms with Gasteiger partial charge in [-0.25, -0.2) is 4.98 Å². The van der Waals surface area contributed by atoms with Crippen LogP contribution >= 0.6 is 0 Å². The summed E-state index contributed by atoms with van der Waals surface area (Å²) in [5.41, 5.74) is 7.99. The highest BCUT2D eigenvalue weighted by Gasteiger charge is 2.12. The van der Waals surface area contributed by atoms with Crippen LogP contribution in [0.25, 0.3) is 11.0 Å². The first kappa shape index (κ1) is 9.53. The van der Waals surface area contributed by atoms with Crippen molar-refractivity contribution in [2.24, 2.45) is 0 Å². The lowest BCUT2D eigenvalue weighted by Gasteiger charge is -2.09. The number of aromatic nitrogens is 2. The first-order chi connectivity index (χ1) is 7.15. The van der Waals surface area contributed by atoms with Gasteiger partial charge in [0.15, 0.2) is 0 Å². The van der Waals surface area contributed by atoms with Gasteiger partial charge in [-0.1, -0.05) is 6.07 Å². The summed E-state index contributed by atoms with van der Waals surface area (Å²) in [5, 5.41) is 8.93. The van der Waals surface area contributed by atoms with Crippen molar-refractivity contribution in [1.29, 1.82) is 5.26 Å². The van der Waals surface area contributed by atoms with Gasteiger partial charge in [-0.05, 0) is 26.0 Å². The van der Waals surface area contributed by atoms with Crippen LogP contribution < -0.4 is 5.73 Å². The molecular weight excluding hydrogens is 188 g/mol. The standard InChI is InChI=1S/C11H12N4/c1-7(2)15-9-5-3-4-8(6-12)10(9)14-11(15)13/h3-5,7H,1-2H3,(H2,13,14). The van der Waals surface area contributed by atoms with Gasteiger partial charge in [0.05, 0.1) is 11.1 Å². The Morgan fingerprint density at radius 1 is 1.47 bits per heavy atom. The van der Waals surface area contributed by atoms with Crippen LogP contribution in [0.5, 0.6) is 0 Å². The number of hydrogen-bond donors (Lipinski definition) is 1. The molecule has 15 heavy (non-hydrogen) atoms. The van der Waals surface area contributed by atoms with Crippen molar-refractivity contribution in [3.8, 4) is 6.07 Å². The van der Waals surface area contributed by atoms with E-state index in [-0.39, 0.29) is 6.04 Å². The Balaban J connectivity index is 2.86. The Morgan fingerprint density at radius 3 is 2.80 bits per heavy atom. The molecule has 0 spiro atoms. The van der Waals surface area contributed by atoms with Gasteiger partial charge in [-0.15, -0.1) is 0 Å². The number of imidazole rings is 1. The van der Waals surface area contributed by atoms with Crippen molar-refractivity contribution in [3.63, 3.8) is 0 Å². The molecule has 4 nitrogen and oxygen atoms in total. The molecule has 1 heterocycles. The van der Waals surface area contributed by atoms with E-state index in [2.05, 4.69) is 11.1 Å². The SMILES string of the molecule is CC(C)n1c(N)nc2c(C#N)cccc21. The summed E-state index contributed by atoms with van der Waals surface area (Å²) in [5.74, 6) is 0.461. The molecule has 4 heteroatoms. The van der Waals surface area contributed by atoms with Crippen molar-refractivity contribution < 1.29 is 0 Å². The maximum Gasteiger partial charge on any atom is 0.201 e. The molecular formula is C11H12N4. The van der Waals surface area contributed by atoms with Crippen LogP contribution in [-0.4, -0.2) is 9.55 Å². The number of para-hydroxylation sites is 1. The molecule has 0 radical (unpaired) electrons. The lowest BCUT2D eigenvalue weighted by atomic mass is 10.2. The van der Waals surface area contributed by atoms with Gasteiger partial charge >= 0.3 is 0 Å². The summed E-state index contributed by atoms with van der Waals surface area (Å²) in [4.78, 5) is 4.22. The molecule has 0 saturated heterocycles. The van der Waals surface area contributed by atoms with Gasteiger partial charge in [-0.3, -0.25) is 0 Å². The van der Waals surface area contributed by atoms with E-state index in [4.69, 9.17) is 11.0 Å². The van der Waals surface area contributed by atoms with E-state index >= 15 is 0 Å². The molecule has 2 rings (SSSR count). The van der Waals surface area contributed by atoms with Crippen molar-refractivity contribution in [2.45, 2.75) is 19.9 Å². The van der Waals surface area contributed by atoms with E-state index < -0.39 is 0 Å². The van der Waals surface area contributed by atoms with Gasteiger partial charge in [0.25, 0.3) is 0 Å². The van der Waals surface area contributed by atoms with Crippen molar-refractivity contribution in [1.82, 2.24) is 9.55 Å². The third-order valence-electron chi connectivity index (χ3n) is 2.38. The van der Waals surface area contributed by atoms with Gasteiger partial charge in [-0.2, -0.15) is 5.26 Å². The molecule has 0 aliphatic heterocycles. The lowest BCUT2D eigenvalue weighted by molar-refractivity contribution is 0.627. The Labute approximate surface area is 87.9 Å². The zero-order chi connectivity index (χ0) is 11.0. The van der Waals surface area contributed by atoms with Gasteiger partial charge in [0.1, 0.15) is 11.6 Å². The minimum Gasteiger partial charge on any atom is -0.369 e. The second kappa shape index (κ2) is 3.28. The van der Waals surface area contributed by atoms with Crippen LogP contribution in [0, 0.1) is 11.3 Å². The topological polar surface area (TPSA) is 67.6 Å². The summed E-state index contributed by atoms with van der Waals surface area (Å²) in [7, 11) is 0. The first-order valence-corrected chi connectivity index (χ1v) is 4.81. The normalized spacial score (nSPS) is 10.8. The number of anilines is 1. The highest BCUT2D eigenvalue weighted by Crippen LogP contribution is 2.24. The van der Waals surface area contributed by atoms with Crippen LogP contribution in [0.4, 0.5) is 5.95 Å². The quantitative estimate of drug-likeness (QED) is 0.766. The highest BCUT2D eigenvalue weighted by atomic mass is 15.2. The smallest absolute Gasteiger partial charge is 0.201 e. The minimum atomic E-state index is 0.240. The predicted octanol–water partition coefficient (Wildman–Crippen LogP) is 2.07. The fraction of sp³-hybridized carbons (Fsp3) is 0.273. The maximum atomic E-state index is 8.93. The number of rotatable bonds is 1. The predicted molar refractivity (Wildman–Crippen MR) is 59.2 cm³/mol. The molecule has 0 bridgehead atoms. The molecule has 0 atom stereocenters. The molecule has 0 aliphatic carbocycles. The Bertz CT molecular complexity index is 545. The fourth-order valence-corrected chi connectivity index (χ4v) is 1.77. The average Bonchev–Trinajstić information content (AvgIpc) is 2.53. The Kier molecular flexibility index (Phi) is 2.09. The molecule has 0 amide bonds. The molecule has 1 aromatic carbocycles. The van der Waals surface area contributed by atoms with Crippen LogP contribution in [-0.2, 0) is 0 Å². The summed E-state index contributed by atoms with van der Waals surface area (Å²) in [6.07, 6.45) is 0. The third-order valence-corrected chi connectivity index (χ3v) is 2.38. The number of hydrogen-bond acceptors (Lipinski definition) is 3. The summed E-state index contributed by atoms with van der Waals surface area (Å²) < 4.78 is 1.93. The monoisotopic (exact) mass is 200 g/mol. The maximum absolute atomic E-state index is 8.93. The van der Waals surface area contributed by atoms with E-state index in [1.165, 1.54) is 0 Å². The number of nitrogen functional groups attached to an aromatic ring is 1. The Morgan fingerprint density at radius 2 is 2.20 bits per heavy atom. The van der Waals surface area contributed by atoms with E-state index in [1.54, 1.807) is 6.07 Å². The van der Waals surface area contributed by atoms with Crippen LogP contribution in [0.3, 0.4) is 0 Å². The number of benzene rings is 1. The molecule has 0 aliphatic rings. The molecule has 1 aromatic heterocycles. The molecule has 2 aromatic rings. The largest absolute Gasteiger partial charge is 0.369 e. The average molecular weight is 200 g/mol. The first-order valence-electron chi connectivity index (χ1n) is 4.81. The molecule has 76 valence electrons. The van der Waals surface area contributed by atoms with Gasteiger partial charge in [0.2, 0.25) is 5.95 Å². The minimum absolute atomic E-state index is 0.240. The van der Waals surface area contributed by atoms with E-state index in [0.29, 0.717) is 17.0 Å². The van der Waals surface area contributed by atoms with E-state index in [9.17, 15) is 0 Å². The molecule has 0 saturated carbocycles. The lowest BCUT2D eigenvalue weighted by Crippen LogP contribution is -2.05. The molecule has 2 N–H and O–H groups in total. The summed E-state index contributed by atoms with van der Waals surface area (Å²) in [6, 6.07) is 7.89. The Hall–Kier alpha value is -2.02. The molecule has 0 fully saturated rings. The number of nitrogens with zero attached hydrogens (tertiary/aromatic N) is 3. The van der Waals surface area contributed by atoms with Crippen molar-refractivity contribution in [2.75, 3.05) is 5.73 Å². The highest BCUT2D eigenvalue weighted by molar-refractivity contribution is 5.84. The zero-order valence-corrected chi connectivity index (χ0v) is 8.73. The van der Waals surface area contributed by atoms with Crippen LogP contribution in [0.2, 0.25) is 0 Å². The van der Waals surface area contributed by atoms with Crippen LogP contribution in [0.1, 0.15) is 25.5 Å².